The molecule has 0 aromatic carbocycles. The molecule has 6 saturated carbocycles. The van der Waals surface area contributed by atoms with Crippen LogP contribution in [0.15, 0.2) is 95.2 Å². The number of hydrogen-bond acceptors (Lipinski definition) is 6. The molecule has 4 unspecified atom stereocenters. The molecule has 6 nitrogen and oxygen atoms in total. The van der Waals surface area contributed by atoms with Crippen molar-refractivity contribution in [3.05, 3.63) is 95.2 Å². The summed E-state index contributed by atoms with van der Waals surface area (Å²) in [5.41, 5.74) is 5.74. The fourth-order valence-corrected chi connectivity index (χ4v) is 12.6. The van der Waals surface area contributed by atoms with Gasteiger partial charge in [0, 0.05) is 11.8 Å². The number of aliphatic hydroxyl groups excluding tert-OH is 4. The van der Waals surface area contributed by atoms with E-state index in [0.717, 1.165) is 24.0 Å². The maximum atomic E-state index is 10.3. The summed E-state index contributed by atoms with van der Waals surface area (Å²) in [6, 6.07) is 0. The van der Waals surface area contributed by atoms with Crippen LogP contribution >= 0.6 is 0 Å². The van der Waals surface area contributed by atoms with E-state index in [9.17, 15) is 30.6 Å². The molecule has 0 spiro atoms. The lowest BCUT2D eigenvalue weighted by Gasteiger charge is -2.44. The number of allylic oxidation sites excluding steroid dienone is 8. The molecular formula is C56H88O6. The molecule has 0 aromatic heterocycles. The quantitative estimate of drug-likeness (QED) is 0.122. The van der Waals surface area contributed by atoms with Crippen LogP contribution in [0, 0.1) is 58.2 Å². The Morgan fingerprint density at radius 1 is 0.532 bits per heavy atom. The second kappa shape index (κ2) is 20.5. The number of aliphatic hydroxyl groups is 6. The zero-order chi connectivity index (χ0) is 45.9. The van der Waals surface area contributed by atoms with Gasteiger partial charge in [-0.2, -0.15) is 0 Å². The van der Waals surface area contributed by atoms with Gasteiger partial charge in [0.25, 0.3) is 0 Å². The molecule has 6 aliphatic rings. The van der Waals surface area contributed by atoms with Gasteiger partial charge in [0.15, 0.2) is 0 Å². The Bertz CT molecular complexity index is 1600. The first-order valence-electron chi connectivity index (χ1n) is 24.5. The predicted octanol–water partition coefficient (Wildman–Crippen LogP) is 11.5. The smallest absolute Gasteiger partial charge is 0.0809 e. The van der Waals surface area contributed by atoms with Gasteiger partial charge in [-0.3, -0.25) is 0 Å². The Hall–Kier alpha value is -2.32. The van der Waals surface area contributed by atoms with E-state index in [1.165, 1.54) is 51.4 Å². The SMILES string of the molecule is C=C1[C@H](O)CC(=C/C=C2\CCC[C@@]3(C)C2CCC3[C@H](C)/C=C/[C@@H](C)C(C)(C)O)C[C@H]1O.C=C1[C@H](O)CC(=C/C=C2\CCC[C@@]3(C)C2CCC3[C@H](C)/C=C/[C@H](C)C(C)(C)O)C[C@H]1O. The first kappa shape index (κ1) is 50.7. The summed E-state index contributed by atoms with van der Waals surface area (Å²) in [6.45, 7) is 29.0. The second-order valence-corrected chi connectivity index (χ2v) is 22.7. The summed E-state index contributed by atoms with van der Waals surface area (Å²) in [5.74, 6) is 3.88. The molecule has 0 saturated heterocycles. The fourth-order valence-electron chi connectivity index (χ4n) is 12.6. The first-order valence-corrected chi connectivity index (χ1v) is 24.5. The van der Waals surface area contributed by atoms with Crippen molar-refractivity contribution in [3.63, 3.8) is 0 Å². The van der Waals surface area contributed by atoms with E-state index >= 15 is 0 Å². The van der Waals surface area contributed by atoms with E-state index in [1.807, 2.05) is 27.7 Å². The van der Waals surface area contributed by atoms with E-state index in [4.69, 9.17) is 0 Å². The molecule has 0 radical (unpaired) electrons. The van der Waals surface area contributed by atoms with E-state index in [0.29, 0.717) is 83.2 Å². The van der Waals surface area contributed by atoms with Gasteiger partial charge < -0.3 is 30.6 Å². The number of rotatable bonds is 10. The van der Waals surface area contributed by atoms with Crippen LogP contribution in [-0.2, 0) is 0 Å². The Kier molecular flexibility index (Phi) is 16.7. The zero-order valence-electron chi connectivity index (χ0n) is 40.5. The lowest BCUT2D eigenvalue weighted by atomic mass is 9.61. The molecule has 6 rings (SSSR count). The molecule has 0 heterocycles. The highest BCUT2D eigenvalue weighted by Crippen LogP contribution is 2.61. The lowest BCUT2D eigenvalue weighted by molar-refractivity contribution is 0.0431. The Morgan fingerprint density at radius 2 is 0.855 bits per heavy atom. The van der Waals surface area contributed by atoms with Crippen molar-refractivity contribution < 1.29 is 30.6 Å². The van der Waals surface area contributed by atoms with Crippen molar-refractivity contribution in [1.82, 2.24) is 0 Å². The zero-order valence-corrected chi connectivity index (χ0v) is 40.5. The third-order valence-electron chi connectivity index (χ3n) is 17.6. The number of fused-ring (bicyclic) bond motifs is 2. The maximum absolute atomic E-state index is 10.3. The summed E-state index contributed by atoms with van der Waals surface area (Å²) < 4.78 is 0. The topological polar surface area (TPSA) is 121 Å². The minimum absolute atomic E-state index is 0.144. The molecule has 348 valence electrons. The molecule has 6 aliphatic carbocycles. The van der Waals surface area contributed by atoms with Crippen LogP contribution < -0.4 is 0 Å². The average Bonchev–Trinajstić information content (AvgIpc) is 3.74. The van der Waals surface area contributed by atoms with Crippen LogP contribution in [0.2, 0.25) is 0 Å². The van der Waals surface area contributed by atoms with Crippen molar-refractivity contribution in [2.75, 3.05) is 0 Å². The lowest BCUT2D eigenvalue weighted by Crippen LogP contribution is -2.35. The van der Waals surface area contributed by atoms with Crippen LogP contribution in [0.5, 0.6) is 0 Å². The van der Waals surface area contributed by atoms with Crippen molar-refractivity contribution >= 4 is 0 Å². The number of hydrogen-bond donors (Lipinski definition) is 6. The summed E-state index contributed by atoms with van der Waals surface area (Å²) in [6.07, 6.45) is 30.3. The molecule has 0 aliphatic heterocycles. The van der Waals surface area contributed by atoms with Gasteiger partial charge in [-0.05, 0) is 175 Å². The molecule has 6 N–H and O–H groups in total. The molecule has 6 fully saturated rings. The monoisotopic (exact) mass is 857 g/mol. The highest BCUT2D eigenvalue weighted by atomic mass is 16.3. The van der Waals surface area contributed by atoms with Crippen molar-refractivity contribution in [3.8, 4) is 0 Å². The van der Waals surface area contributed by atoms with Gasteiger partial charge in [-0.25, -0.2) is 0 Å². The minimum Gasteiger partial charge on any atom is -0.390 e. The minimum atomic E-state index is -0.681. The second-order valence-electron chi connectivity index (χ2n) is 22.7. The average molecular weight is 857 g/mol. The van der Waals surface area contributed by atoms with Crippen LogP contribution in [0.4, 0.5) is 0 Å². The third-order valence-corrected chi connectivity index (χ3v) is 17.6. The standard InChI is InChI=1S/2C28H44O3/c2*1-18(9-10-19(2)27(4,5)31)23-13-14-24-22(8-7-15-28(23,24)6)12-11-21-16-25(29)20(3)26(30)17-21/h2*9-12,18-19,23-26,29-31H,3,7-8,13-17H2,1-2,4-6H3/b2*10-9+,22-12+/t18-,19+,23?,24?,25-,26-,28-;18-,19-,23?,24?,25-,26-,28-/m11/s1. The van der Waals surface area contributed by atoms with E-state index in [-0.39, 0.29) is 11.8 Å². The summed E-state index contributed by atoms with van der Waals surface area (Å²) in [7, 11) is 0. The highest BCUT2D eigenvalue weighted by Gasteiger charge is 2.51. The van der Waals surface area contributed by atoms with Crippen LogP contribution in [0.3, 0.4) is 0 Å². The van der Waals surface area contributed by atoms with Crippen molar-refractivity contribution in [2.24, 2.45) is 58.2 Å². The Labute approximate surface area is 377 Å². The normalized spacial score (nSPS) is 37.9. The molecule has 0 aromatic rings. The largest absolute Gasteiger partial charge is 0.390 e. The van der Waals surface area contributed by atoms with Gasteiger partial charge in [0.2, 0.25) is 0 Å². The van der Waals surface area contributed by atoms with Gasteiger partial charge in [-0.15, -0.1) is 0 Å². The first-order chi connectivity index (χ1) is 28.9. The van der Waals surface area contributed by atoms with E-state index < -0.39 is 35.6 Å². The van der Waals surface area contributed by atoms with E-state index in [2.05, 4.69) is 103 Å². The maximum Gasteiger partial charge on any atom is 0.0809 e. The van der Waals surface area contributed by atoms with Crippen molar-refractivity contribution in [2.45, 2.75) is 195 Å². The molecule has 62 heavy (non-hydrogen) atoms. The highest BCUT2D eigenvalue weighted by molar-refractivity contribution is 5.31. The van der Waals surface area contributed by atoms with Gasteiger partial charge in [0.05, 0.1) is 35.6 Å². The van der Waals surface area contributed by atoms with Gasteiger partial charge >= 0.3 is 0 Å². The van der Waals surface area contributed by atoms with Crippen LogP contribution in [0.25, 0.3) is 0 Å². The summed E-state index contributed by atoms with van der Waals surface area (Å²) in [4.78, 5) is 0. The van der Waals surface area contributed by atoms with Gasteiger partial charge in [0.1, 0.15) is 0 Å². The van der Waals surface area contributed by atoms with Crippen LogP contribution in [-0.4, -0.2) is 66.3 Å². The van der Waals surface area contributed by atoms with Gasteiger partial charge in [-0.1, -0.05) is 126 Å². The molecule has 0 amide bonds. The summed E-state index contributed by atoms with van der Waals surface area (Å²) >= 11 is 0. The van der Waals surface area contributed by atoms with E-state index in [1.54, 1.807) is 11.1 Å². The molecule has 14 atom stereocenters. The third kappa shape index (κ3) is 11.7. The van der Waals surface area contributed by atoms with Crippen LogP contribution in [0.1, 0.15) is 159 Å². The molecule has 6 heteroatoms. The summed E-state index contributed by atoms with van der Waals surface area (Å²) in [5, 5.41) is 61.1. The van der Waals surface area contributed by atoms with Crippen molar-refractivity contribution in [1.29, 1.82) is 0 Å². The Morgan fingerprint density at radius 3 is 1.16 bits per heavy atom. The molecule has 0 bridgehead atoms. The molecular weight excluding hydrogens is 769 g/mol. The fraction of sp³-hybridized carbons (Fsp3) is 0.714. The Balaban J connectivity index is 0.000000234. The predicted molar refractivity (Wildman–Crippen MR) is 257 cm³/mol.